The van der Waals surface area contributed by atoms with Crippen molar-refractivity contribution in [3.63, 3.8) is 0 Å². The lowest BCUT2D eigenvalue weighted by Gasteiger charge is -2.30. The maximum absolute atomic E-state index is 12.9. The number of fused-ring (bicyclic) bond motifs is 1. The van der Waals surface area contributed by atoms with Gasteiger partial charge >= 0.3 is 0 Å². The van der Waals surface area contributed by atoms with Gasteiger partial charge in [-0.1, -0.05) is 30.4 Å². The van der Waals surface area contributed by atoms with Gasteiger partial charge in [-0.15, -0.1) is 0 Å². The zero-order valence-electron chi connectivity index (χ0n) is 18.5. The molecule has 0 fully saturated rings. The summed E-state index contributed by atoms with van der Waals surface area (Å²) < 4.78 is 6.77. The van der Waals surface area contributed by atoms with Gasteiger partial charge in [0.15, 0.2) is 0 Å². The fourth-order valence-corrected chi connectivity index (χ4v) is 3.70. The molecule has 158 valence electrons. The predicted molar refractivity (Wildman–Crippen MR) is 125 cm³/mol. The molecule has 0 bridgehead atoms. The molecule has 0 spiro atoms. The number of methoxy groups -OCH3 is 1. The van der Waals surface area contributed by atoms with Crippen LogP contribution in [0.1, 0.15) is 38.8 Å². The van der Waals surface area contributed by atoms with E-state index >= 15 is 0 Å². The number of aromatic nitrogens is 2. The Labute approximate surface area is 178 Å². The highest BCUT2D eigenvalue weighted by Gasteiger charge is 2.14. The summed E-state index contributed by atoms with van der Waals surface area (Å²) in [4.78, 5) is 15.3. The van der Waals surface area contributed by atoms with E-state index in [0.717, 1.165) is 28.8 Å². The highest BCUT2D eigenvalue weighted by atomic mass is 16.5. The lowest BCUT2D eigenvalue weighted by atomic mass is 10.1. The van der Waals surface area contributed by atoms with Crippen molar-refractivity contribution < 1.29 is 4.74 Å². The van der Waals surface area contributed by atoms with Crippen LogP contribution < -0.4 is 10.3 Å². The van der Waals surface area contributed by atoms with Crippen molar-refractivity contribution in [2.24, 2.45) is 0 Å². The second-order valence-electron chi connectivity index (χ2n) is 8.05. The van der Waals surface area contributed by atoms with Gasteiger partial charge in [-0.3, -0.25) is 9.69 Å². The van der Waals surface area contributed by atoms with Gasteiger partial charge < -0.3 is 4.74 Å². The maximum Gasteiger partial charge on any atom is 0.274 e. The molecule has 0 saturated carbocycles. The van der Waals surface area contributed by atoms with E-state index in [-0.39, 0.29) is 5.56 Å². The lowest BCUT2D eigenvalue weighted by Crippen LogP contribution is -2.40. The molecule has 1 heterocycles. The van der Waals surface area contributed by atoms with Gasteiger partial charge in [0.2, 0.25) is 0 Å². The first-order valence-electron chi connectivity index (χ1n) is 10.5. The monoisotopic (exact) mass is 405 g/mol. The van der Waals surface area contributed by atoms with Gasteiger partial charge in [0, 0.05) is 24.0 Å². The summed E-state index contributed by atoms with van der Waals surface area (Å²) in [5.41, 5.74) is 2.08. The van der Waals surface area contributed by atoms with Gasteiger partial charge in [-0.25, -0.2) is 4.68 Å². The normalized spacial score (nSPS) is 12.0. The molecule has 0 radical (unpaired) electrons. The number of nitrogens with zero attached hydrogens (tertiary/aromatic N) is 3. The molecule has 1 aromatic heterocycles. The van der Waals surface area contributed by atoms with Crippen LogP contribution in [0.15, 0.2) is 53.5 Å². The molecule has 30 heavy (non-hydrogen) atoms. The number of hydrogen-bond donors (Lipinski definition) is 0. The Bertz CT molecular complexity index is 1060. The van der Waals surface area contributed by atoms with Gasteiger partial charge in [0.1, 0.15) is 5.75 Å². The topological polar surface area (TPSA) is 47.4 Å². The van der Waals surface area contributed by atoms with Gasteiger partial charge in [0.05, 0.1) is 25.2 Å². The van der Waals surface area contributed by atoms with Crippen LogP contribution in [0.3, 0.4) is 0 Å². The van der Waals surface area contributed by atoms with Crippen LogP contribution >= 0.6 is 0 Å². The second kappa shape index (κ2) is 9.72. The van der Waals surface area contributed by atoms with E-state index in [4.69, 9.17) is 4.74 Å². The van der Waals surface area contributed by atoms with Crippen LogP contribution in [0.4, 0.5) is 0 Å². The quantitative estimate of drug-likeness (QED) is 0.510. The zero-order chi connectivity index (χ0) is 21.7. The molecular formula is C25H31N3O2. The summed E-state index contributed by atoms with van der Waals surface area (Å²) in [5, 5.41) is 5.98. The fourth-order valence-electron chi connectivity index (χ4n) is 3.70. The molecule has 0 amide bonds. The lowest BCUT2D eigenvalue weighted by molar-refractivity contribution is 0.165. The van der Waals surface area contributed by atoms with Crippen molar-refractivity contribution in [2.45, 2.75) is 46.3 Å². The Kier molecular flexibility index (Phi) is 7.06. The highest BCUT2D eigenvalue weighted by Crippen LogP contribution is 2.16. The smallest absolute Gasteiger partial charge is 0.274 e. The van der Waals surface area contributed by atoms with Crippen LogP contribution in [0.5, 0.6) is 5.75 Å². The van der Waals surface area contributed by atoms with E-state index in [1.54, 1.807) is 18.0 Å². The molecule has 0 aliphatic heterocycles. The molecule has 0 aliphatic rings. The molecule has 0 N–H and O–H groups in total. The number of rotatable bonds is 8. The second-order valence-corrected chi connectivity index (χ2v) is 8.05. The van der Waals surface area contributed by atoms with Crippen LogP contribution in [0.25, 0.3) is 22.9 Å². The summed E-state index contributed by atoms with van der Waals surface area (Å²) in [6.45, 7) is 10.1. The molecule has 0 aliphatic carbocycles. The minimum atomic E-state index is -0.0364. The largest absolute Gasteiger partial charge is 0.497 e. The standard InChI is InChI=1S/C25H31N3O2/c1-18(2)27(19(3)4)14-15-28-25(29)24-13-10-21(16-22(24)17-26-28)7-6-20-8-11-23(30-5)12-9-20/h6-13,16-19H,14-15H2,1-5H3. The fraction of sp³-hybridized carbons (Fsp3) is 0.360. The third-order valence-corrected chi connectivity index (χ3v) is 5.36. The summed E-state index contributed by atoms with van der Waals surface area (Å²) in [7, 11) is 1.66. The average Bonchev–Trinajstić information content (AvgIpc) is 2.73. The molecule has 5 nitrogen and oxygen atoms in total. The highest BCUT2D eigenvalue weighted by molar-refractivity contribution is 5.84. The van der Waals surface area contributed by atoms with Crippen molar-refractivity contribution in [3.8, 4) is 5.75 Å². The SMILES string of the molecule is COc1ccc(C=Cc2ccc3c(=O)n(CCN(C(C)C)C(C)C)ncc3c2)cc1. The van der Waals surface area contributed by atoms with Crippen LogP contribution in [0, 0.1) is 0 Å². The van der Waals surface area contributed by atoms with E-state index in [1.807, 2.05) is 54.6 Å². The summed E-state index contributed by atoms with van der Waals surface area (Å²) in [6.07, 6.45) is 5.87. The van der Waals surface area contributed by atoms with Crippen LogP contribution in [-0.4, -0.2) is 40.4 Å². The van der Waals surface area contributed by atoms with Crippen molar-refractivity contribution >= 4 is 22.9 Å². The predicted octanol–water partition coefficient (Wildman–Crippen LogP) is 4.69. The van der Waals surface area contributed by atoms with Crippen molar-refractivity contribution in [1.29, 1.82) is 0 Å². The van der Waals surface area contributed by atoms with Crippen molar-refractivity contribution in [3.05, 3.63) is 70.1 Å². The minimum Gasteiger partial charge on any atom is -0.497 e. The summed E-state index contributed by atoms with van der Waals surface area (Å²) in [5.74, 6) is 0.838. The summed E-state index contributed by atoms with van der Waals surface area (Å²) >= 11 is 0. The van der Waals surface area contributed by atoms with Crippen molar-refractivity contribution in [1.82, 2.24) is 14.7 Å². The van der Waals surface area contributed by atoms with Gasteiger partial charge in [-0.2, -0.15) is 5.10 Å². The molecule has 3 aromatic rings. The maximum atomic E-state index is 12.9. The first-order valence-corrected chi connectivity index (χ1v) is 10.5. The third-order valence-electron chi connectivity index (χ3n) is 5.36. The zero-order valence-corrected chi connectivity index (χ0v) is 18.5. The molecular weight excluding hydrogens is 374 g/mol. The first kappa shape index (κ1) is 21.8. The first-order chi connectivity index (χ1) is 14.4. The van der Waals surface area contributed by atoms with Gasteiger partial charge in [-0.05, 0) is 63.1 Å². The molecule has 3 rings (SSSR count). The Morgan fingerprint density at radius 3 is 2.27 bits per heavy atom. The Hall–Kier alpha value is -2.92. The van der Waals surface area contributed by atoms with Crippen LogP contribution in [0.2, 0.25) is 0 Å². The van der Waals surface area contributed by atoms with E-state index in [2.05, 4.69) is 37.7 Å². The Morgan fingerprint density at radius 2 is 1.63 bits per heavy atom. The molecule has 2 aromatic carbocycles. The Morgan fingerprint density at radius 1 is 1.00 bits per heavy atom. The number of hydrogen-bond acceptors (Lipinski definition) is 4. The number of benzene rings is 2. The molecule has 0 atom stereocenters. The molecule has 5 heteroatoms. The van der Waals surface area contributed by atoms with Crippen LogP contribution in [-0.2, 0) is 6.54 Å². The Balaban J connectivity index is 1.78. The van der Waals surface area contributed by atoms with Gasteiger partial charge in [0.25, 0.3) is 5.56 Å². The van der Waals surface area contributed by atoms with E-state index in [1.165, 1.54) is 0 Å². The van der Waals surface area contributed by atoms with E-state index in [0.29, 0.717) is 24.0 Å². The third kappa shape index (κ3) is 5.16. The summed E-state index contributed by atoms with van der Waals surface area (Å²) in [6, 6.07) is 14.6. The minimum absolute atomic E-state index is 0.0364. The number of ether oxygens (including phenoxy) is 1. The van der Waals surface area contributed by atoms with Crippen molar-refractivity contribution in [2.75, 3.05) is 13.7 Å². The molecule has 0 saturated heterocycles. The average molecular weight is 406 g/mol. The van der Waals surface area contributed by atoms with E-state index < -0.39 is 0 Å². The molecule has 0 unspecified atom stereocenters. The van der Waals surface area contributed by atoms with E-state index in [9.17, 15) is 4.79 Å².